The lowest BCUT2D eigenvalue weighted by molar-refractivity contribution is 0.0510. The lowest BCUT2D eigenvalue weighted by Crippen LogP contribution is -2.31. The Morgan fingerprint density at radius 3 is 3.11 bits per heavy atom. The minimum Gasteiger partial charge on any atom is -0.398 e. The largest absolute Gasteiger partial charge is 0.398 e. The first kappa shape index (κ1) is 13.3. The molecule has 1 saturated heterocycles. The summed E-state index contributed by atoms with van der Waals surface area (Å²) in [6.45, 7) is 5.51. The van der Waals surface area contributed by atoms with Crippen LogP contribution in [0.15, 0.2) is 18.2 Å². The molecule has 1 aliphatic rings. The molecule has 1 atom stereocenters. The van der Waals surface area contributed by atoms with Crippen molar-refractivity contribution in [1.29, 1.82) is 0 Å². The average Bonchev–Trinajstić information content (AvgIpc) is 2.59. The highest BCUT2D eigenvalue weighted by Gasteiger charge is 2.18. The van der Waals surface area contributed by atoms with Crippen molar-refractivity contribution in [2.24, 2.45) is 0 Å². The summed E-state index contributed by atoms with van der Waals surface area (Å²) in [5.74, 6) is -0.225. The van der Waals surface area contributed by atoms with Crippen molar-refractivity contribution in [3.8, 4) is 0 Å². The number of anilines is 1. The maximum absolute atomic E-state index is 13.2. The van der Waals surface area contributed by atoms with Gasteiger partial charge in [-0.1, -0.05) is 6.92 Å². The van der Waals surface area contributed by atoms with Gasteiger partial charge in [0, 0.05) is 31.9 Å². The van der Waals surface area contributed by atoms with Crippen molar-refractivity contribution in [3.05, 3.63) is 29.6 Å². The van der Waals surface area contributed by atoms with Crippen LogP contribution in [0.25, 0.3) is 0 Å². The summed E-state index contributed by atoms with van der Waals surface area (Å²) in [6, 6.07) is 4.57. The normalized spacial score (nSPS) is 21.8. The van der Waals surface area contributed by atoms with Crippen LogP contribution < -0.4 is 5.73 Å². The van der Waals surface area contributed by atoms with Gasteiger partial charge in [0.1, 0.15) is 5.82 Å². The second-order valence-electron chi connectivity index (χ2n) is 4.83. The molecule has 0 bridgehead atoms. The molecule has 1 heterocycles. The minimum absolute atomic E-state index is 0.225. The molecule has 18 heavy (non-hydrogen) atoms. The van der Waals surface area contributed by atoms with E-state index in [2.05, 4.69) is 11.8 Å². The molecule has 0 amide bonds. The van der Waals surface area contributed by atoms with Crippen molar-refractivity contribution in [3.63, 3.8) is 0 Å². The zero-order valence-electron chi connectivity index (χ0n) is 10.9. The second kappa shape index (κ2) is 6.16. The average molecular weight is 252 g/mol. The summed E-state index contributed by atoms with van der Waals surface area (Å²) in [5.41, 5.74) is 7.42. The van der Waals surface area contributed by atoms with E-state index in [-0.39, 0.29) is 11.9 Å². The summed E-state index contributed by atoms with van der Waals surface area (Å²) >= 11 is 0. The quantitative estimate of drug-likeness (QED) is 0.840. The lowest BCUT2D eigenvalue weighted by Gasteiger charge is -2.23. The highest BCUT2D eigenvalue weighted by molar-refractivity contribution is 5.46. The maximum atomic E-state index is 13.2. The number of nitrogen functional groups attached to an aromatic ring is 1. The first-order chi connectivity index (χ1) is 8.69. The van der Waals surface area contributed by atoms with E-state index in [0.717, 1.165) is 38.1 Å². The molecule has 1 fully saturated rings. The molecule has 1 aliphatic heterocycles. The van der Waals surface area contributed by atoms with Gasteiger partial charge in [0.25, 0.3) is 0 Å². The van der Waals surface area contributed by atoms with Crippen molar-refractivity contribution in [1.82, 2.24) is 4.90 Å². The Kier molecular flexibility index (Phi) is 4.55. The van der Waals surface area contributed by atoms with Crippen LogP contribution in [-0.2, 0) is 11.3 Å². The Bertz CT molecular complexity index is 397. The Morgan fingerprint density at radius 2 is 2.33 bits per heavy atom. The molecular formula is C14H21FN2O. The van der Waals surface area contributed by atoms with Crippen LogP contribution in [0.3, 0.4) is 0 Å². The van der Waals surface area contributed by atoms with E-state index in [1.807, 2.05) is 0 Å². The number of benzene rings is 1. The number of hydrogen-bond acceptors (Lipinski definition) is 3. The molecule has 0 aromatic heterocycles. The number of ether oxygens (including phenoxy) is 1. The Hall–Kier alpha value is -1.13. The molecule has 2 N–H and O–H groups in total. The van der Waals surface area contributed by atoms with Gasteiger partial charge in [0.05, 0.1) is 6.10 Å². The van der Waals surface area contributed by atoms with E-state index in [0.29, 0.717) is 12.2 Å². The third kappa shape index (κ3) is 3.43. The molecule has 0 radical (unpaired) electrons. The first-order valence-electron chi connectivity index (χ1n) is 6.57. The Morgan fingerprint density at radius 1 is 1.50 bits per heavy atom. The van der Waals surface area contributed by atoms with Crippen LogP contribution in [0.2, 0.25) is 0 Å². The van der Waals surface area contributed by atoms with Gasteiger partial charge in [-0.15, -0.1) is 0 Å². The predicted molar refractivity (Wildman–Crippen MR) is 70.7 cm³/mol. The van der Waals surface area contributed by atoms with Crippen LogP contribution in [-0.4, -0.2) is 30.7 Å². The molecule has 0 aliphatic carbocycles. The Balaban J connectivity index is 2.04. The molecule has 2 rings (SSSR count). The van der Waals surface area contributed by atoms with Crippen molar-refractivity contribution in [2.75, 3.05) is 25.4 Å². The van der Waals surface area contributed by atoms with Gasteiger partial charge in [-0.05, 0) is 36.6 Å². The summed E-state index contributed by atoms with van der Waals surface area (Å²) in [6.07, 6.45) is 2.31. The van der Waals surface area contributed by atoms with Crippen LogP contribution in [0.4, 0.5) is 10.1 Å². The predicted octanol–water partition coefficient (Wildman–Crippen LogP) is 2.41. The summed E-state index contributed by atoms with van der Waals surface area (Å²) in [4.78, 5) is 2.30. The minimum atomic E-state index is -0.225. The van der Waals surface area contributed by atoms with E-state index < -0.39 is 0 Å². The van der Waals surface area contributed by atoms with E-state index in [9.17, 15) is 4.39 Å². The number of hydrogen-bond donors (Lipinski definition) is 1. The summed E-state index contributed by atoms with van der Waals surface area (Å²) < 4.78 is 19.0. The Labute approximate surface area is 108 Å². The molecular weight excluding hydrogens is 231 g/mol. The number of halogens is 1. The standard InChI is InChI=1S/C14H21FN2O/c1-2-13-10-17(6-3-7-18-13)9-11-8-12(15)4-5-14(11)16/h4-5,8,13H,2-3,6-7,9-10,16H2,1H3. The van der Waals surface area contributed by atoms with Gasteiger partial charge < -0.3 is 10.5 Å². The third-order valence-electron chi connectivity index (χ3n) is 3.39. The van der Waals surface area contributed by atoms with E-state index in [4.69, 9.17) is 10.5 Å². The van der Waals surface area contributed by atoms with Gasteiger partial charge in [0.2, 0.25) is 0 Å². The van der Waals surface area contributed by atoms with Crippen molar-refractivity contribution in [2.45, 2.75) is 32.4 Å². The number of rotatable bonds is 3. The van der Waals surface area contributed by atoms with E-state index in [1.165, 1.54) is 12.1 Å². The fraction of sp³-hybridized carbons (Fsp3) is 0.571. The number of nitrogens with two attached hydrogens (primary N) is 1. The molecule has 1 unspecified atom stereocenters. The molecule has 1 aromatic carbocycles. The fourth-order valence-electron chi connectivity index (χ4n) is 2.31. The van der Waals surface area contributed by atoms with Gasteiger partial charge in [0.15, 0.2) is 0 Å². The van der Waals surface area contributed by atoms with Crippen LogP contribution in [0, 0.1) is 5.82 Å². The molecule has 4 heteroatoms. The summed E-state index contributed by atoms with van der Waals surface area (Å²) in [7, 11) is 0. The van der Waals surface area contributed by atoms with E-state index in [1.54, 1.807) is 6.07 Å². The van der Waals surface area contributed by atoms with Crippen LogP contribution in [0.5, 0.6) is 0 Å². The van der Waals surface area contributed by atoms with Gasteiger partial charge in [-0.3, -0.25) is 4.90 Å². The maximum Gasteiger partial charge on any atom is 0.123 e. The van der Waals surface area contributed by atoms with Gasteiger partial charge >= 0.3 is 0 Å². The van der Waals surface area contributed by atoms with E-state index >= 15 is 0 Å². The van der Waals surface area contributed by atoms with Crippen LogP contribution >= 0.6 is 0 Å². The zero-order chi connectivity index (χ0) is 13.0. The fourth-order valence-corrected chi connectivity index (χ4v) is 2.31. The SMILES string of the molecule is CCC1CN(Cc2cc(F)ccc2N)CCCO1. The molecule has 0 saturated carbocycles. The highest BCUT2D eigenvalue weighted by Crippen LogP contribution is 2.18. The van der Waals surface area contributed by atoms with Gasteiger partial charge in [-0.25, -0.2) is 4.39 Å². The monoisotopic (exact) mass is 252 g/mol. The molecule has 3 nitrogen and oxygen atoms in total. The van der Waals surface area contributed by atoms with Gasteiger partial charge in [-0.2, -0.15) is 0 Å². The first-order valence-corrected chi connectivity index (χ1v) is 6.57. The molecule has 0 spiro atoms. The van der Waals surface area contributed by atoms with Crippen molar-refractivity contribution >= 4 is 5.69 Å². The lowest BCUT2D eigenvalue weighted by atomic mass is 10.1. The van der Waals surface area contributed by atoms with Crippen molar-refractivity contribution < 1.29 is 9.13 Å². The number of nitrogens with zero attached hydrogens (tertiary/aromatic N) is 1. The third-order valence-corrected chi connectivity index (χ3v) is 3.39. The highest BCUT2D eigenvalue weighted by atomic mass is 19.1. The smallest absolute Gasteiger partial charge is 0.123 e. The molecule has 1 aromatic rings. The summed E-state index contributed by atoms with van der Waals surface area (Å²) in [5, 5.41) is 0. The topological polar surface area (TPSA) is 38.5 Å². The zero-order valence-corrected chi connectivity index (χ0v) is 10.9. The van der Waals surface area contributed by atoms with Crippen LogP contribution in [0.1, 0.15) is 25.3 Å². The molecule has 100 valence electrons. The second-order valence-corrected chi connectivity index (χ2v) is 4.83.